The largest absolute Gasteiger partial charge is 0.494 e. The predicted octanol–water partition coefficient (Wildman–Crippen LogP) is 3.11. The molecule has 0 saturated carbocycles. The standard InChI is InChI=1S/C17H21NO3/c1-2-13-21-16-10-6-11-18(17(16)19)12-7-14-20-15-8-4-3-5-9-15/h3-6,8-11H,2,7,12-14H2,1H3. The highest BCUT2D eigenvalue weighted by molar-refractivity contribution is 5.20. The molecule has 0 aliphatic carbocycles. The van der Waals surface area contributed by atoms with Gasteiger partial charge in [-0.2, -0.15) is 0 Å². The van der Waals surface area contributed by atoms with E-state index in [-0.39, 0.29) is 5.56 Å². The number of aromatic nitrogens is 1. The molecule has 21 heavy (non-hydrogen) atoms. The Hall–Kier alpha value is -2.23. The monoisotopic (exact) mass is 287 g/mol. The Bertz CT molecular complexity index is 592. The lowest BCUT2D eigenvalue weighted by Crippen LogP contribution is -2.22. The van der Waals surface area contributed by atoms with Crippen molar-refractivity contribution in [3.8, 4) is 11.5 Å². The molecule has 0 atom stereocenters. The van der Waals surface area contributed by atoms with Crippen LogP contribution in [0, 0.1) is 0 Å². The lowest BCUT2D eigenvalue weighted by Gasteiger charge is -2.09. The molecule has 0 radical (unpaired) electrons. The van der Waals surface area contributed by atoms with Crippen LogP contribution in [0.1, 0.15) is 19.8 Å². The molecule has 1 aromatic heterocycles. The van der Waals surface area contributed by atoms with Crippen LogP contribution in [0.15, 0.2) is 53.5 Å². The van der Waals surface area contributed by atoms with E-state index < -0.39 is 0 Å². The fourth-order valence-corrected chi connectivity index (χ4v) is 1.95. The third kappa shape index (κ3) is 4.67. The van der Waals surface area contributed by atoms with Crippen LogP contribution in [-0.4, -0.2) is 17.8 Å². The van der Waals surface area contributed by atoms with Crippen molar-refractivity contribution in [3.63, 3.8) is 0 Å². The van der Waals surface area contributed by atoms with Gasteiger partial charge in [-0.05, 0) is 37.1 Å². The van der Waals surface area contributed by atoms with E-state index in [1.165, 1.54) is 0 Å². The first-order valence-electron chi connectivity index (χ1n) is 7.31. The van der Waals surface area contributed by atoms with E-state index in [4.69, 9.17) is 9.47 Å². The summed E-state index contributed by atoms with van der Waals surface area (Å²) in [5.41, 5.74) is -0.0781. The van der Waals surface area contributed by atoms with Crippen LogP contribution >= 0.6 is 0 Å². The summed E-state index contributed by atoms with van der Waals surface area (Å²) in [6.45, 7) is 3.78. The summed E-state index contributed by atoms with van der Waals surface area (Å²) in [7, 11) is 0. The second-order valence-corrected chi connectivity index (χ2v) is 4.73. The lowest BCUT2D eigenvalue weighted by atomic mass is 10.3. The number of ether oxygens (including phenoxy) is 2. The molecular weight excluding hydrogens is 266 g/mol. The molecule has 0 saturated heterocycles. The molecule has 4 nitrogen and oxygen atoms in total. The Balaban J connectivity index is 1.84. The summed E-state index contributed by atoms with van der Waals surface area (Å²) in [6, 6.07) is 13.2. The molecule has 1 heterocycles. The molecule has 0 aliphatic rings. The van der Waals surface area contributed by atoms with Gasteiger partial charge in [-0.1, -0.05) is 25.1 Å². The molecule has 0 unspecified atom stereocenters. The van der Waals surface area contributed by atoms with Gasteiger partial charge < -0.3 is 14.0 Å². The molecule has 2 aromatic rings. The third-order valence-corrected chi connectivity index (χ3v) is 3.00. The maximum atomic E-state index is 12.1. The van der Waals surface area contributed by atoms with Crippen molar-refractivity contribution in [2.45, 2.75) is 26.3 Å². The summed E-state index contributed by atoms with van der Waals surface area (Å²) in [6.07, 6.45) is 3.44. The number of nitrogens with zero attached hydrogens (tertiary/aromatic N) is 1. The Morgan fingerprint density at radius 1 is 1.00 bits per heavy atom. The van der Waals surface area contributed by atoms with E-state index >= 15 is 0 Å². The SMILES string of the molecule is CCCOc1cccn(CCCOc2ccccc2)c1=O. The molecule has 4 heteroatoms. The van der Waals surface area contributed by atoms with E-state index in [0.717, 1.165) is 18.6 Å². The van der Waals surface area contributed by atoms with Crippen molar-refractivity contribution >= 4 is 0 Å². The second-order valence-electron chi connectivity index (χ2n) is 4.73. The van der Waals surface area contributed by atoms with Crippen molar-refractivity contribution in [1.29, 1.82) is 0 Å². The smallest absolute Gasteiger partial charge is 0.292 e. The van der Waals surface area contributed by atoms with Crippen LogP contribution in [0.5, 0.6) is 11.5 Å². The maximum absolute atomic E-state index is 12.1. The minimum Gasteiger partial charge on any atom is -0.494 e. The minimum atomic E-state index is -0.0781. The first-order chi connectivity index (χ1) is 10.3. The van der Waals surface area contributed by atoms with E-state index in [0.29, 0.717) is 25.5 Å². The highest BCUT2D eigenvalue weighted by Crippen LogP contribution is 2.08. The maximum Gasteiger partial charge on any atom is 0.292 e. The Morgan fingerprint density at radius 3 is 2.57 bits per heavy atom. The van der Waals surface area contributed by atoms with Crippen molar-refractivity contribution in [2.24, 2.45) is 0 Å². The number of aryl methyl sites for hydroxylation is 1. The fraction of sp³-hybridized carbons (Fsp3) is 0.353. The van der Waals surface area contributed by atoms with Gasteiger partial charge >= 0.3 is 0 Å². The number of para-hydroxylation sites is 1. The van der Waals surface area contributed by atoms with Gasteiger partial charge in [0.15, 0.2) is 5.75 Å². The van der Waals surface area contributed by atoms with E-state index in [1.807, 2.05) is 43.3 Å². The fourth-order valence-electron chi connectivity index (χ4n) is 1.95. The number of hydrogen-bond donors (Lipinski definition) is 0. The van der Waals surface area contributed by atoms with Crippen LogP contribution in [0.25, 0.3) is 0 Å². The molecule has 0 N–H and O–H groups in total. The van der Waals surface area contributed by atoms with Crippen LogP contribution in [0.4, 0.5) is 0 Å². The van der Waals surface area contributed by atoms with E-state index in [1.54, 1.807) is 16.8 Å². The normalized spacial score (nSPS) is 10.3. The summed E-state index contributed by atoms with van der Waals surface area (Å²) < 4.78 is 12.7. The highest BCUT2D eigenvalue weighted by atomic mass is 16.5. The number of pyridine rings is 1. The van der Waals surface area contributed by atoms with Crippen LogP contribution < -0.4 is 15.0 Å². The lowest BCUT2D eigenvalue weighted by molar-refractivity contribution is 0.295. The highest BCUT2D eigenvalue weighted by Gasteiger charge is 2.03. The Labute approximate surface area is 124 Å². The van der Waals surface area contributed by atoms with Crippen molar-refractivity contribution in [1.82, 2.24) is 4.57 Å². The number of hydrogen-bond acceptors (Lipinski definition) is 3. The van der Waals surface area contributed by atoms with E-state index in [2.05, 4.69) is 0 Å². The van der Waals surface area contributed by atoms with Crippen molar-refractivity contribution in [3.05, 3.63) is 59.0 Å². The molecular formula is C17H21NO3. The summed E-state index contributed by atoms with van der Waals surface area (Å²) in [5, 5.41) is 0. The van der Waals surface area contributed by atoms with Gasteiger partial charge in [0, 0.05) is 12.7 Å². The summed E-state index contributed by atoms with van der Waals surface area (Å²) in [4.78, 5) is 12.1. The average molecular weight is 287 g/mol. The van der Waals surface area contributed by atoms with Crippen LogP contribution in [0.2, 0.25) is 0 Å². The zero-order valence-electron chi connectivity index (χ0n) is 12.3. The number of benzene rings is 1. The Kier molecular flexibility index (Phi) is 5.88. The molecule has 0 bridgehead atoms. The van der Waals surface area contributed by atoms with Crippen molar-refractivity contribution < 1.29 is 9.47 Å². The van der Waals surface area contributed by atoms with Crippen molar-refractivity contribution in [2.75, 3.05) is 13.2 Å². The van der Waals surface area contributed by atoms with Gasteiger partial charge in [0.1, 0.15) is 5.75 Å². The first kappa shape index (κ1) is 15.2. The zero-order chi connectivity index (χ0) is 14.9. The van der Waals surface area contributed by atoms with Gasteiger partial charge in [0.2, 0.25) is 0 Å². The minimum absolute atomic E-state index is 0.0781. The van der Waals surface area contributed by atoms with E-state index in [9.17, 15) is 4.79 Å². The second kappa shape index (κ2) is 8.15. The zero-order valence-corrected chi connectivity index (χ0v) is 12.3. The molecule has 0 aliphatic heterocycles. The predicted molar refractivity (Wildman–Crippen MR) is 83.0 cm³/mol. The molecule has 0 amide bonds. The van der Waals surface area contributed by atoms with Gasteiger partial charge in [0.25, 0.3) is 5.56 Å². The van der Waals surface area contributed by atoms with Crippen LogP contribution in [-0.2, 0) is 6.54 Å². The third-order valence-electron chi connectivity index (χ3n) is 3.00. The van der Waals surface area contributed by atoms with Crippen LogP contribution in [0.3, 0.4) is 0 Å². The van der Waals surface area contributed by atoms with Gasteiger partial charge in [-0.25, -0.2) is 0 Å². The molecule has 0 spiro atoms. The topological polar surface area (TPSA) is 40.5 Å². The molecule has 2 rings (SSSR count). The molecule has 112 valence electrons. The Morgan fingerprint density at radius 2 is 1.81 bits per heavy atom. The van der Waals surface area contributed by atoms with Gasteiger partial charge in [-0.15, -0.1) is 0 Å². The van der Waals surface area contributed by atoms with Gasteiger partial charge in [-0.3, -0.25) is 4.79 Å². The quantitative estimate of drug-likeness (QED) is 0.700. The molecule has 0 fully saturated rings. The summed E-state index contributed by atoms with van der Waals surface area (Å²) in [5.74, 6) is 1.27. The summed E-state index contributed by atoms with van der Waals surface area (Å²) >= 11 is 0. The average Bonchev–Trinajstić information content (AvgIpc) is 2.53. The first-order valence-corrected chi connectivity index (χ1v) is 7.31. The molecule has 1 aromatic carbocycles. The van der Waals surface area contributed by atoms with Gasteiger partial charge in [0.05, 0.1) is 13.2 Å². The number of rotatable bonds is 8.